The average Bonchev–Trinajstić information content (AvgIpc) is 2.81. The van der Waals surface area contributed by atoms with Crippen molar-refractivity contribution >= 4 is 24.0 Å². The topological polar surface area (TPSA) is 51.3 Å². The molecular weight excluding hydrogens is 302 g/mol. The minimum Gasteiger partial charge on any atom is -0.486 e. The molecule has 0 radical (unpaired) electrons. The van der Waals surface area contributed by atoms with Gasteiger partial charge in [0.1, 0.15) is 18.1 Å². The Morgan fingerprint density at radius 3 is 2.96 bits per heavy atom. The van der Waals surface area contributed by atoms with Gasteiger partial charge in [-0.15, -0.1) is 0 Å². The summed E-state index contributed by atoms with van der Waals surface area (Å²) in [4.78, 5) is 14.5. The summed E-state index contributed by atoms with van der Waals surface area (Å²) in [6, 6.07) is 5.56. The fourth-order valence-electron chi connectivity index (χ4n) is 2.70. The highest BCUT2D eigenvalue weighted by molar-refractivity contribution is 5.87. The first-order chi connectivity index (χ1) is 11.6. The number of aromatic amines is 1. The minimum absolute atomic E-state index is 0.0240. The van der Waals surface area contributed by atoms with Gasteiger partial charge in [-0.3, -0.25) is 4.79 Å². The molecule has 0 saturated carbocycles. The smallest absolute Gasteiger partial charge is 0.167 e. The van der Waals surface area contributed by atoms with E-state index in [1.165, 1.54) is 6.92 Å². The van der Waals surface area contributed by atoms with Crippen molar-refractivity contribution in [3.8, 4) is 22.8 Å². The summed E-state index contributed by atoms with van der Waals surface area (Å²) < 4.78 is 11.2. The number of nitrogens with one attached hydrogen (secondary N) is 1. The summed E-state index contributed by atoms with van der Waals surface area (Å²) in [7, 11) is 0. The predicted octanol–water partition coefficient (Wildman–Crippen LogP) is 4.69. The monoisotopic (exact) mass is 321 g/mol. The number of ketones is 1. The first kappa shape index (κ1) is 15.9. The molecule has 4 heteroatoms. The van der Waals surface area contributed by atoms with Crippen LogP contribution >= 0.6 is 0 Å². The van der Waals surface area contributed by atoms with Crippen LogP contribution in [0, 0.1) is 0 Å². The SMILES string of the molecule is C=Cc1[nH]c2c(c1/C=C\C)C=COc1cc(OCC(C)=O)ccc1-2. The van der Waals surface area contributed by atoms with Gasteiger partial charge in [0.25, 0.3) is 0 Å². The Labute approximate surface area is 141 Å². The molecule has 0 atom stereocenters. The second-order valence-electron chi connectivity index (χ2n) is 5.51. The van der Waals surface area contributed by atoms with Crippen LogP contribution in [0.25, 0.3) is 29.5 Å². The van der Waals surface area contributed by atoms with Crippen molar-refractivity contribution in [1.29, 1.82) is 0 Å². The molecule has 3 rings (SSSR count). The molecule has 1 aromatic carbocycles. The van der Waals surface area contributed by atoms with E-state index in [9.17, 15) is 4.79 Å². The molecule has 0 bridgehead atoms. The first-order valence-corrected chi connectivity index (χ1v) is 7.75. The van der Waals surface area contributed by atoms with E-state index in [0.29, 0.717) is 11.5 Å². The molecule has 0 saturated heterocycles. The maximum absolute atomic E-state index is 11.1. The number of benzene rings is 1. The number of aromatic nitrogens is 1. The zero-order valence-electron chi connectivity index (χ0n) is 13.8. The van der Waals surface area contributed by atoms with Crippen molar-refractivity contribution < 1.29 is 14.3 Å². The van der Waals surface area contributed by atoms with Crippen molar-refractivity contribution in [2.75, 3.05) is 6.61 Å². The summed E-state index contributed by atoms with van der Waals surface area (Å²) in [6.45, 7) is 7.40. The van der Waals surface area contributed by atoms with Gasteiger partial charge in [0.2, 0.25) is 0 Å². The van der Waals surface area contributed by atoms with Crippen LogP contribution in [0.5, 0.6) is 11.5 Å². The van der Waals surface area contributed by atoms with Crippen LogP contribution in [0.2, 0.25) is 0 Å². The van der Waals surface area contributed by atoms with Crippen molar-refractivity contribution in [2.24, 2.45) is 0 Å². The van der Waals surface area contributed by atoms with Gasteiger partial charge in [-0.05, 0) is 38.1 Å². The van der Waals surface area contributed by atoms with Crippen LogP contribution in [-0.4, -0.2) is 17.4 Å². The van der Waals surface area contributed by atoms with Gasteiger partial charge in [0.05, 0.1) is 12.0 Å². The zero-order valence-corrected chi connectivity index (χ0v) is 13.8. The molecule has 0 spiro atoms. The maximum atomic E-state index is 11.1. The van der Waals surface area contributed by atoms with Crippen LogP contribution in [0.3, 0.4) is 0 Å². The normalized spacial score (nSPS) is 12.2. The van der Waals surface area contributed by atoms with Gasteiger partial charge in [0, 0.05) is 28.5 Å². The molecule has 1 aliphatic rings. The van der Waals surface area contributed by atoms with E-state index in [1.807, 2.05) is 43.4 Å². The third-order valence-corrected chi connectivity index (χ3v) is 3.74. The summed E-state index contributed by atoms with van der Waals surface area (Å²) >= 11 is 0. The number of carbonyl (C=O) groups excluding carboxylic acids is 1. The Morgan fingerprint density at radius 1 is 1.42 bits per heavy atom. The highest BCUT2D eigenvalue weighted by Gasteiger charge is 2.19. The number of hydrogen-bond acceptors (Lipinski definition) is 3. The molecule has 0 aliphatic carbocycles. The largest absolute Gasteiger partial charge is 0.486 e. The quantitative estimate of drug-likeness (QED) is 0.869. The van der Waals surface area contributed by atoms with Crippen LogP contribution in [0.15, 0.2) is 37.1 Å². The number of H-pyrrole nitrogens is 1. The third kappa shape index (κ3) is 2.91. The first-order valence-electron chi connectivity index (χ1n) is 7.75. The number of fused-ring (bicyclic) bond motifs is 3. The van der Waals surface area contributed by atoms with E-state index >= 15 is 0 Å². The molecule has 1 aliphatic heterocycles. The van der Waals surface area contributed by atoms with Gasteiger partial charge >= 0.3 is 0 Å². The number of rotatable bonds is 5. The van der Waals surface area contributed by atoms with Crippen LogP contribution < -0.4 is 9.47 Å². The Balaban J connectivity index is 2.08. The molecule has 4 nitrogen and oxygen atoms in total. The van der Waals surface area contributed by atoms with Crippen molar-refractivity contribution in [2.45, 2.75) is 13.8 Å². The molecule has 24 heavy (non-hydrogen) atoms. The third-order valence-electron chi connectivity index (χ3n) is 3.74. The molecule has 1 N–H and O–H groups in total. The second-order valence-corrected chi connectivity index (χ2v) is 5.51. The van der Waals surface area contributed by atoms with E-state index in [2.05, 4.69) is 11.6 Å². The lowest BCUT2D eigenvalue weighted by molar-refractivity contribution is -0.118. The Hall–Kier alpha value is -3.01. The average molecular weight is 321 g/mol. The number of carbonyl (C=O) groups is 1. The lowest BCUT2D eigenvalue weighted by Gasteiger charge is -2.09. The fraction of sp³-hybridized carbons (Fsp3) is 0.150. The molecule has 2 aromatic rings. The van der Waals surface area contributed by atoms with E-state index < -0.39 is 0 Å². The molecule has 0 fully saturated rings. The molecule has 122 valence electrons. The Kier molecular flexibility index (Phi) is 4.38. The zero-order chi connectivity index (χ0) is 17.1. The predicted molar refractivity (Wildman–Crippen MR) is 96.9 cm³/mol. The lowest BCUT2D eigenvalue weighted by Crippen LogP contribution is -2.06. The summed E-state index contributed by atoms with van der Waals surface area (Å²) in [5.41, 5.74) is 5.00. The number of Topliss-reactive ketones (excluding diaryl/α,β-unsaturated/α-hetero) is 1. The molecule has 1 aromatic heterocycles. The van der Waals surface area contributed by atoms with Gasteiger partial charge < -0.3 is 14.5 Å². The van der Waals surface area contributed by atoms with E-state index in [1.54, 1.807) is 12.3 Å². The summed E-state index contributed by atoms with van der Waals surface area (Å²) in [5, 5.41) is 0. The van der Waals surface area contributed by atoms with Gasteiger partial charge in [-0.25, -0.2) is 0 Å². The number of ether oxygens (including phenoxy) is 2. The highest BCUT2D eigenvalue weighted by atomic mass is 16.5. The number of allylic oxidation sites excluding steroid dienone is 1. The minimum atomic E-state index is -0.0240. The maximum Gasteiger partial charge on any atom is 0.167 e. The summed E-state index contributed by atoms with van der Waals surface area (Å²) in [6.07, 6.45) is 9.45. The van der Waals surface area contributed by atoms with Crippen LogP contribution in [-0.2, 0) is 4.79 Å². The van der Waals surface area contributed by atoms with Crippen LogP contribution in [0.4, 0.5) is 0 Å². The standard InChI is InChI=1S/C20H19NO3/c1-4-6-15-16-9-10-23-19-11-14(24-12-13(3)22)7-8-17(19)20(16)21-18(15)5-2/h4-11,21H,2,12H2,1,3H3/b6-4-. The van der Waals surface area contributed by atoms with Crippen molar-refractivity contribution in [1.82, 2.24) is 4.98 Å². The van der Waals surface area contributed by atoms with E-state index in [4.69, 9.17) is 9.47 Å². The van der Waals surface area contributed by atoms with Crippen molar-refractivity contribution in [3.05, 3.63) is 53.9 Å². The second kappa shape index (κ2) is 6.62. The van der Waals surface area contributed by atoms with Gasteiger partial charge in [-0.1, -0.05) is 18.7 Å². The molecular formula is C20H19NO3. The molecule has 0 amide bonds. The fourth-order valence-corrected chi connectivity index (χ4v) is 2.70. The van der Waals surface area contributed by atoms with Gasteiger partial charge in [-0.2, -0.15) is 0 Å². The number of hydrogen-bond donors (Lipinski definition) is 1. The van der Waals surface area contributed by atoms with E-state index in [0.717, 1.165) is 28.1 Å². The Bertz CT molecular complexity index is 856. The van der Waals surface area contributed by atoms with Gasteiger partial charge in [0.15, 0.2) is 5.78 Å². The van der Waals surface area contributed by atoms with E-state index in [-0.39, 0.29) is 12.4 Å². The summed E-state index contributed by atoms with van der Waals surface area (Å²) in [5.74, 6) is 1.25. The Morgan fingerprint density at radius 2 is 2.25 bits per heavy atom. The van der Waals surface area contributed by atoms with Crippen LogP contribution in [0.1, 0.15) is 30.7 Å². The lowest BCUT2D eigenvalue weighted by atomic mass is 10.0. The highest BCUT2D eigenvalue weighted by Crippen LogP contribution is 2.40. The molecule has 2 heterocycles. The molecule has 0 unspecified atom stereocenters. The van der Waals surface area contributed by atoms with Crippen molar-refractivity contribution in [3.63, 3.8) is 0 Å².